The van der Waals surface area contributed by atoms with E-state index in [1.54, 1.807) is 0 Å². The van der Waals surface area contributed by atoms with Crippen molar-refractivity contribution in [1.82, 2.24) is 10.3 Å². The molecule has 9 heteroatoms. The van der Waals surface area contributed by atoms with Crippen molar-refractivity contribution >= 4 is 23.4 Å². The summed E-state index contributed by atoms with van der Waals surface area (Å²) in [6.45, 7) is 0.575. The number of nitrogens with two attached hydrogens (primary N) is 1. The minimum Gasteiger partial charge on any atom is -0.475 e. The van der Waals surface area contributed by atoms with Gasteiger partial charge < -0.3 is 25.6 Å². The van der Waals surface area contributed by atoms with Crippen LogP contribution in [0.5, 0.6) is 0 Å². The normalized spacial score (nSPS) is 20.3. The fraction of sp³-hybridized carbons (Fsp3) is 0.316. The van der Waals surface area contributed by atoms with Crippen molar-refractivity contribution in [2.24, 2.45) is 0 Å². The van der Waals surface area contributed by atoms with Gasteiger partial charge in [-0.15, -0.1) is 0 Å². The number of nitrogen functional groups attached to an aromatic ring is 1. The van der Waals surface area contributed by atoms with Crippen LogP contribution in [0.3, 0.4) is 0 Å². The van der Waals surface area contributed by atoms with Crippen molar-refractivity contribution < 1.29 is 19.4 Å². The van der Waals surface area contributed by atoms with Crippen molar-refractivity contribution in [3.63, 3.8) is 0 Å². The highest BCUT2D eigenvalue weighted by Crippen LogP contribution is 2.45. The number of hydrogen-bond acceptors (Lipinski definition) is 7. The SMILES string of the molecule is COCCOC(=N)c1cnc(NC(=O)NC2(c3ccccc3)C[C@@H]2O)cc1N. The number of nitrogens with one attached hydrogen (secondary N) is 3. The summed E-state index contributed by atoms with van der Waals surface area (Å²) in [6.07, 6.45) is 1.15. The molecule has 2 atom stereocenters. The van der Waals surface area contributed by atoms with Gasteiger partial charge in [-0.1, -0.05) is 30.3 Å². The smallest absolute Gasteiger partial charge is 0.321 e. The third kappa shape index (κ3) is 4.21. The van der Waals surface area contributed by atoms with Gasteiger partial charge in [-0.2, -0.15) is 0 Å². The highest BCUT2D eigenvalue weighted by atomic mass is 16.5. The van der Waals surface area contributed by atoms with Gasteiger partial charge in [0.1, 0.15) is 12.4 Å². The first kappa shape index (κ1) is 19.6. The first-order chi connectivity index (χ1) is 13.5. The molecule has 1 aliphatic rings. The largest absolute Gasteiger partial charge is 0.475 e. The van der Waals surface area contributed by atoms with E-state index >= 15 is 0 Å². The molecule has 6 N–H and O–H groups in total. The Balaban J connectivity index is 1.63. The van der Waals surface area contributed by atoms with Gasteiger partial charge in [-0.05, 0) is 5.56 Å². The monoisotopic (exact) mass is 385 g/mol. The van der Waals surface area contributed by atoms with E-state index < -0.39 is 17.7 Å². The minimum absolute atomic E-state index is 0.123. The Bertz CT molecular complexity index is 861. The third-order valence-corrected chi connectivity index (χ3v) is 4.51. The lowest BCUT2D eigenvalue weighted by molar-refractivity contribution is 0.141. The lowest BCUT2D eigenvalue weighted by Crippen LogP contribution is -2.40. The van der Waals surface area contributed by atoms with Crippen LogP contribution >= 0.6 is 0 Å². The van der Waals surface area contributed by atoms with Gasteiger partial charge in [0.05, 0.1) is 23.8 Å². The molecule has 0 saturated heterocycles. The van der Waals surface area contributed by atoms with E-state index in [4.69, 9.17) is 20.6 Å². The number of aliphatic hydroxyl groups excluding tert-OH is 1. The van der Waals surface area contributed by atoms with Gasteiger partial charge >= 0.3 is 6.03 Å². The van der Waals surface area contributed by atoms with Crippen LogP contribution in [-0.4, -0.2) is 48.4 Å². The van der Waals surface area contributed by atoms with Crippen LogP contribution in [0.25, 0.3) is 0 Å². The number of anilines is 2. The molecule has 0 spiro atoms. The molecule has 0 bridgehead atoms. The summed E-state index contributed by atoms with van der Waals surface area (Å²) in [6, 6.07) is 10.2. The first-order valence-corrected chi connectivity index (χ1v) is 8.75. The molecule has 2 amide bonds. The molecule has 0 radical (unpaired) electrons. The number of methoxy groups -OCH3 is 1. The molecule has 1 unspecified atom stereocenters. The second-order valence-corrected chi connectivity index (χ2v) is 6.46. The van der Waals surface area contributed by atoms with Gasteiger partial charge in [0.25, 0.3) is 0 Å². The Hall–Kier alpha value is -3.17. The summed E-state index contributed by atoms with van der Waals surface area (Å²) in [5, 5.41) is 23.3. The molecule has 28 heavy (non-hydrogen) atoms. The van der Waals surface area contributed by atoms with E-state index in [0.717, 1.165) is 5.56 Å². The van der Waals surface area contributed by atoms with Crippen LogP contribution in [0.15, 0.2) is 42.6 Å². The first-order valence-electron chi connectivity index (χ1n) is 8.75. The molecule has 148 valence electrons. The lowest BCUT2D eigenvalue weighted by Gasteiger charge is -2.19. The summed E-state index contributed by atoms with van der Waals surface area (Å²) in [4.78, 5) is 16.5. The van der Waals surface area contributed by atoms with E-state index in [-0.39, 0.29) is 24.0 Å². The number of ether oxygens (including phenoxy) is 2. The molecule has 1 fully saturated rings. The summed E-state index contributed by atoms with van der Waals surface area (Å²) in [7, 11) is 1.54. The number of nitrogens with zero attached hydrogens (tertiary/aromatic N) is 1. The van der Waals surface area contributed by atoms with Gasteiger partial charge in [0.15, 0.2) is 0 Å². The number of pyridine rings is 1. The van der Waals surface area contributed by atoms with Crippen molar-refractivity contribution in [3.05, 3.63) is 53.7 Å². The predicted molar refractivity (Wildman–Crippen MR) is 104 cm³/mol. The van der Waals surface area contributed by atoms with Crippen LogP contribution in [0, 0.1) is 5.41 Å². The Morgan fingerprint density at radius 3 is 2.71 bits per heavy atom. The Kier molecular flexibility index (Phi) is 5.76. The van der Waals surface area contributed by atoms with Crippen LogP contribution in [0.1, 0.15) is 17.5 Å². The number of aromatic nitrogens is 1. The van der Waals surface area contributed by atoms with Crippen molar-refractivity contribution in [2.75, 3.05) is 31.4 Å². The standard InChI is InChI=1S/C19H23N5O4/c1-27-7-8-28-17(21)13-11-22-16(9-14(13)20)23-18(26)24-19(10-15(19)25)12-5-3-2-4-6-12/h2-6,9,11,15,21,25H,7-8,10H2,1H3,(H4,20,22,23,24,26)/t15-,19?/m0/s1. The maximum absolute atomic E-state index is 12.4. The molecule has 9 nitrogen and oxygen atoms in total. The molecule has 1 aromatic heterocycles. The summed E-state index contributed by atoms with van der Waals surface area (Å²) < 4.78 is 10.1. The zero-order chi connectivity index (χ0) is 20.1. The number of amides is 2. The van der Waals surface area contributed by atoms with Crippen molar-refractivity contribution in [3.8, 4) is 0 Å². The number of carbonyl (C=O) groups is 1. The Labute approximate surface area is 162 Å². The second kappa shape index (κ2) is 8.24. The van der Waals surface area contributed by atoms with E-state index in [1.165, 1.54) is 19.4 Å². The molecule has 2 aromatic rings. The predicted octanol–water partition coefficient (Wildman–Crippen LogP) is 1.43. The fourth-order valence-electron chi connectivity index (χ4n) is 2.88. The minimum atomic E-state index is -0.797. The lowest BCUT2D eigenvalue weighted by atomic mass is 10.1. The number of hydrogen-bond donors (Lipinski definition) is 5. The van der Waals surface area contributed by atoms with Crippen molar-refractivity contribution in [1.29, 1.82) is 5.41 Å². The summed E-state index contributed by atoms with van der Waals surface area (Å²) >= 11 is 0. The molecule has 1 aliphatic carbocycles. The fourth-order valence-corrected chi connectivity index (χ4v) is 2.88. The van der Waals surface area contributed by atoms with Crippen LogP contribution < -0.4 is 16.4 Å². The number of rotatable bonds is 7. The third-order valence-electron chi connectivity index (χ3n) is 4.51. The molecule has 1 saturated carbocycles. The highest BCUT2D eigenvalue weighted by molar-refractivity contribution is 5.98. The molecule has 1 heterocycles. The Morgan fingerprint density at radius 1 is 1.39 bits per heavy atom. The quantitative estimate of drug-likeness (QED) is 0.277. The maximum Gasteiger partial charge on any atom is 0.321 e. The van der Waals surface area contributed by atoms with E-state index in [0.29, 0.717) is 18.6 Å². The zero-order valence-electron chi connectivity index (χ0n) is 15.4. The molecule has 3 rings (SSSR count). The van der Waals surface area contributed by atoms with Gasteiger partial charge in [-0.25, -0.2) is 9.78 Å². The second-order valence-electron chi connectivity index (χ2n) is 6.46. The number of aliphatic hydroxyl groups is 1. The van der Waals surface area contributed by atoms with E-state index in [1.807, 2.05) is 30.3 Å². The topological polar surface area (TPSA) is 143 Å². The van der Waals surface area contributed by atoms with Gasteiger partial charge in [-0.3, -0.25) is 10.7 Å². The average molecular weight is 385 g/mol. The van der Waals surface area contributed by atoms with Crippen molar-refractivity contribution in [2.45, 2.75) is 18.1 Å². The summed E-state index contributed by atoms with van der Waals surface area (Å²) in [5.74, 6) is 0.101. The Morgan fingerprint density at radius 2 is 2.11 bits per heavy atom. The van der Waals surface area contributed by atoms with Gasteiger partial charge in [0.2, 0.25) is 5.90 Å². The number of urea groups is 1. The van der Waals surface area contributed by atoms with Crippen LogP contribution in [0.4, 0.5) is 16.3 Å². The molecular formula is C19H23N5O4. The van der Waals surface area contributed by atoms with Crippen LogP contribution in [-0.2, 0) is 15.0 Å². The molecule has 1 aromatic carbocycles. The van der Waals surface area contributed by atoms with Gasteiger partial charge in [0, 0.05) is 31.5 Å². The number of benzene rings is 1. The van der Waals surface area contributed by atoms with E-state index in [9.17, 15) is 9.90 Å². The highest BCUT2D eigenvalue weighted by Gasteiger charge is 2.56. The zero-order valence-corrected chi connectivity index (χ0v) is 15.4. The average Bonchev–Trinajstić information content (AvgIpc) is 3.32. The number of carbonyl (C=O) groups excluding carboxylic acids is 1. The van der Waals surface area contributed by atoms with E-state index in [2.05, 4.69) is 15.6 Å². The van der Waals surface area contributed by atoms with Crippen LogP contribution in [0.2, 0.25) is 0 Å². The summed E-state index contributed by atoms with van der Waals surface area (Å²) in [5.41, 5.74) is 6.56. The molecular weight excluding hydrogens is 362 g/mol. The maximum atomic E-state index is 12.4. The molecule has 0 aliphatic heterocycles.